The number of nitrogens with zero attached hydrogens (tertiary/aromatic N) is 2. The fourth-order valence-corrected chi connectivity index (χ4v) is 4.43. The predicted molar refractivity (Wildman–Crippen MR) is 137 cm³/mol. The van der Waals surface area contributed by atoms with Crippen LogP contribution in [0.1, 0.15) is 22.3 Å². The zero-order valence-corrected chi connectivity index (χ0v) is 20.2. The number of carbonyl (C=O) groups is 1. The summed E-state index contributed by atoms with van der Waals surface area (Å²) in [6.07, 6.45) is 1.46. The highest BCUT2D eigenvalue weighted by Gasteiger charge is 2.26. The number of aliphatic imine (C=N–C) groups is 1. The van der Waals surface area contributed by atoms with Crippen molar-refractivity contribution in [3.05, 3.63) is 97.9 Å². The molecule has 35 heavy (non-hydrogen) atoms. The molecule has 0 bridgehead atoms. The summed E-state index contributed by atoms with van der Waals surface area (Å²) in [5.41, 5.74) is 3.79. The topological polar surface area (TPSA) is 103 Å². The van der Waals surface area contributed by atoms with E-state index in [9.17, 15) is 14.9 Å². The van der Waals surface area contributed by atoms with Crippen molar-refractivity contribution in [1.82, 2.24) is 5.32 Å². The number of rotatable bonds is 7. The number of nitro benzene ring substituents is 1. The Kier molecular flexibility index (Phi) is 7.17. The number of hydrogen-bond donors (Lipinski definition) is 1. The van der Waals surface area contributed by atoms with Gasteiger partial charge in [-0.15, -0.1) is 0 Å². The number of methoxy groups -OCH3 is 1. The van der Waals surface area contributed by atoms with Crippen LogP contribution >= 0.6 is 11.8 Å². The Morgan fingerprint density at radius 2 is 1.77 bits per heavy atom. The van der Waals surface area contributed by atoms with Gasteiger partial charge in [-0.25, -0.2) is 4.99 Å². The van der Waals surface area contributed by atoms with Crippen LogP contribution in [0.25, 0.3) is 6.08 Å². The Morgan fingerprint density at radius 3 is 2.43 bits per heavy atom. The second kappa shape index (κ2) is 10.4. The molecule has 178 valence electrons. The maximum Gasteiger partial charge on any atom is 0.280 e. The van der Waals surface area contributed by atoms with Gasteiger partial charge in [0.2, 0.25) is 0 Å². The Morgan fingerprint density at radius 1 is 1.06 bits per heavy atom. The molecule has 1 aliphatic rings. The molecule has 9 heteroatoms. The second-order valence-electron chi connectivity index (χ2n) is 7.92. The third-order valence-electron chi connectivity index (χ3n) is 5.12. The summed E-state index contributed by atoms with van der Waals surface area (Å²) >= 11 is 1.12. The van der Waals surface area contributed by atoms with Crippen molar-refractivity contribution in [2.24, 2.45) is 4.99 Å². The summed E-state index contributed by atoms with van der Waals surface area (Å²) in [6.45, 7) is 4.18. The molecule has 0 saturated carbocycles. The summed E-state index contributed by atoms with van der Waals surface area (Å²) in [6, 6.07) is 18.1. The lowest BCUT2D eigenvalue weighted by molar-refractivity contribution is -0.385. The number of amides is 1. The molecule has 1 aliphatic heterocycles. The van der Waals surface area contributed by atoms with E-state index >= 15 is 0 Å². The highest BCUT2D eigenvalue weighted by molar-refractivity contribution is 8.18. The molecule has 3 aromatic carbocycles. The summed E-state index contributed by atoms with van der Waals surface area (Å²) in [5, 5.41) is 14.9. The summed E-state index contributed by atoms with van der Waals surface area (Å²) in [4.78, 5) is 28.7. The van der Waals surface area contributed by atoms with Crippen molar-refractivity contribution >= 4 is 40.3 Å². The van der Waals surface area contributed by atoms with E-state index in [1.807, 2.05) is 62.4 Å². The first-order valence-corrected chi connectivity index (χ1v) is 11.5. The molecular formula is C26H23N3O5S. The quantitative estimate of drug-likeness (QED) is 0.260. The molecule has 0 unspecified atom stereocenters. The molecule has 1 saturated heterocycles. The Labute approximate surface area is 206 Å². The van der Waals surface area contributed by atoms with Gasteiger partial charge in [0, 0.05) is 0 Å². The van der Waals surface area contributed by atoms with E-state index in [2.05, 4.69) is 10.3 Å². The average molecular weight is 490 g/mol. The lowest BCUT2D eigenvalue weighted by Crippen LogP contribution is -2.19. The van der Waals surface area contributed by atoms with Gasteiger partial charge in [-0.1, -0.05) is 36.4 Å². The molecule has 1 N–H and O–H groups in total. The fourth-order valence-electron chi connectivity index (χ4n) is 3.60. The van der Waals surface area contributed by atoms with Crippen molar-refractivity contribution in [3.63, 3.8) is 0 Å². The van der Waals surface area contributed by atoms with Crippen LogP contribution in [0.4, 0.5) is 11.4 Å². The third-order valence-corrected chi connectivity index (χ3v) is 6.03. The van der Waals surface area contributed by atoms with E-state index < -0.39 is 4.92 Å². The van der Waals surface area contributed by atoms with E-state index in [0.29, 0.717) is 10.9 Å². The molecule has 0 aromatic heterocycles. The number of nitrogens with one attached hydrogen (secondary N) is 1. The van der Waals surface area contributed by atoms with Gasteiger partial charge in [0.25, 0.3) is 11.6 Å². The van der Waals surface area contributed by atoms with Gasteiger partial charge in [-0.3, -0.25) is 14.9 Å². The smallest absolute Gasteiger partial charge is 0.280 e. The predicted octanol–water partition coefficient (Wildman–Crippen LogP) is 5.69. The SMILES string of the molecule is COc1cc(/C=C2\SC(=Nc3cc(C)cc(C)c3)NC2=O)c([N+](=O)[O-])cc1OCc1ccccc1. The molecule has 3 aromatic rings. The molecule has 4 rings (SSSR count). The number of nitro groups is 1. The van der Waals surface area contributed by atoms with Gasteiger partial charge < -0.3 is 14.8 Å². The molecule has 8 nitrogen and oxygen atoms in total. The minimum Gasteiger partial charge on any atom is -0.493 e. The zero-order valence-electron chi connectivity index (χ0n) is 19.4. The number of hydrogen-bond acceptors (Lipinski definition) is 7. The van der Waals surface area contributed by atoms with Crippen molar-refractivity contribution in [2.75, 3.05) is 7.11 Å². The van der Waals surface area contributed by atoms with Crippen molar-refractivity contribution in [1.29, 1.82) is 0 Å². The number of thioether (sulfide) groups is 1. The number of amidine groups is 1. The normalized spacial score (nSPS) is 15.3. The van der Waals surface area contributed by atoms with Crippen molar-refractivity contribution in [2.45, 2.75) is 20.5 Å². The monoisotopic (exact) mass is 489 g/mol. The summed E-state index contributed by atoms with van der Waals surface area (Å²) in [5.74, 6) is 0.188. The standard InChI is InChI=1S/C26H23N3O5S/c1-16-9-17(2)11-20(10-16)27-26-28-25(30)24(35-26)13-19-12-22(33-3)23(14-21(19)29(31)32)34-15-18-7-5-4-6-8-18/h4-14H,15H2,1-3H3,(H,27,28,30)/b24-13-. The van der Waals surface area contributed by atoms with Crippen LogP contribution < -0.4 is 14.8 Å². The third kappa shape index (κ3) is 5.88. The first-order valence-electron chi connectivity index (χ1n) is 10.7. The highest BCUT2D eigenvalue weighted by atomic mass is 32.2. The molecule has 1 amide bonds. The number of ether oxygens (including phenoxy) is 2. The van der Waals surface area contributed by atoms with Gasteiger partial charge in [-0.2, -0.15) is 0 Å². The summed E-state index contributed by atoms with van der Waals surface area (Å²) < 4.78 is 11.2. The second-order valence-corrected chi connectivity index (χ2v) is 8.95. The highest BCUT2D eigenvalue weighted by Crippen LogP contribution is 2.38. The Bertz CT molecular complexity index is 1330. The van der Waals surface area contributed by atoms with Crippen LogP contribution in [0, 0.1) is 24.0 Å². The molecule has 1 heterocycles. The van der Waals surface area contributed by atoms with Crippen LogP contribution in [-0.4, -0.2) is 23.1 Å². The number of carbonyl (C=O) groups excluding carboxylic acids is 1. The molecule has 0 radical (unpaired) electrons. The lowest BCUT2D eigenvalue weighted by atomic mass is 10.1. The van der Waals surface area contributed by atoms with Crippen LogP contribution in [0.15, 0.2) is 70.6 Å². The molecule has 0 atom stereocenters. The van der Waals surface area contributed by atoms with E-state index in [1.165, 1.54) is 25.3 Å². The van der Waals surface area contributed by atoms with E-state index in [1.54, 1.807) is 0 Å². The van der Waals surface area contributed by atoms with E-state index in [-0.39, 0.29) is 34.4 Å². The van der Waals surface area contributed by atoms with Gasteiger partial charge in [0.15, 0.2) is 16.7 Å². The van der Waals surface area contributed by atoms with Crippen molar-refractivity contribution < 1.29 is 19.2 Å². The van der Waals surface area contributed by atoms with Gasteiger partial charge >= 0.3 is 0 Å². The lowest BCUT2D eigenvalue weighted by Gasteiger charge is -2.12. The maximum atomic E-state index is 12.6. The van der Waals surface area contributed by atoms with Crippen molar-refractivity contribution in [3.8, 4) is 11.5 Å². The summed E-state index contributed by atoms with van der Waals surface area (Å²) in [7, 11) is 1.46. The first-order chi connectivity index (χ1) is 16.8. The van der Waals surface area contributed by atoms with Crippen LogP contribution in [0.2, 0.25) is 0 Å². The zero-order chi connectivity index (χ0) is 24.9. The maximum absolute atomic E-state index is 12.6. The molecule has 1 fully saturated rings. The average Bonchev–Trinajstić information content (AvgIpc) is 3.15. The number of benzene rings is 3. The number of aryl methyl sites for hydroxylation is 2. The molecule has 0 aliphatic carbocycles. The van der Waals surface area contributed by atoms with Gasteiger partial charge in [-0.05, 0) is 66.6 Å². The largest absolute Gasteiger partial charge is 0.493 e. The van der Waals surface area contributed by atoms with Gasteiger partial charge in [0.05, 0.1) is 34.3 Å². The van der Waals surface area contributed by atoms with E-state index in [0.717, 1.165) is 34.1 Å². The molecular weight excluding hydrogens is 466 g/mol. The minimum absolute atomic E-state index is 0.200. The fraction of sp³-hybridized carbons (Fsp3) is 0.154. The van der Waals surface area contributed by atoms with Crippen LogP contribution in [0.3, 0.4) is 0 Å². The van der Waals surface area contributed by atoms with E-state index in [4.69, 9.17) is 9.47 Å². The van der Waals surface area contributed by atoms with Crippen LogP contribution in [0.5, 0.6) is 11.5 Å². The minimum atomic E-state index is -0.511. The Balaban J connectivity index is 1.63. The molecule has 0 spiro atoms. The Hall–Kier alpha value is -4.11. The first kappa shape index (κ1) is 24.0. The van der Waals surface area contributed by atoms with Crippen LogP contribution in [-0.2, 0) is 11.4 Å². The van der Waals surface area contributed by atoms with Gasteiger partial charge in [0.1, 0.15) is 6.61 Å².